The molecular formula is C27H24FN3O2S. The molecule has 4 aromatic rings. The van der Waals surface area contributed by atoms with Gasteiger partial charge in [0.1, 0.15) is 5.82 Å². The number of carbonyl (C=O) groups is 1. The van der Waals surface area contributed by atoms with E-state index in [2.05, 4.69) is 9.71 Å². The molecule has 0 bridgehead atoms. The van der Waals surface area contributed by atoms with Crippen LogP contribution in [0.2, 0.25) is 0 Å². The van der Waals surface area contributed by atoms with Crippen LogP contribution in [0.3, 0.4) is 0 Å². The summed E-state index contributed by atoms with van der Waals surface area (Å²) in [6.07, 6.45) is 2.25. The van der Waals surface area contributed by atoms with E-state index >= 15 is 0 Å². The Morgan fingerprint density at radius 1 is 1.00 bits per heavy atom. The first kappa shape index (κ1) is 22.4. The van der Waals surface area contributed by atoms with Crippen LogP contribution in [-0.4, -0.2) is 34.0 Å². The number of benzene rings is 3. The molecule has 5 rings (SSSR count). The molecule has 5 nitrogen and oxygen atoms in total. The number of anilines is 1. The maximum Gasteiger partial charge on any atom is 0.253 e. The fraction of sp³-hybridized carbons (Fsp3) is 0.185. The molecule has 0 saturated carbocycles. The van der Waals surface area contributed by atoms with Gasteiger partial charge in [0.15, 0.2) is 0 Å². The van der Waals surface area contributed by atoms with Gasteiger partial charge in [-0.1, -0.05) is 42.5 Å². The minimum Gasteiger partial charge on any atom is -0.385 e. The summed E-state index contributed by atoms with van der Waals surface area (Å²) < 4.78 is 16.7. The van der Waals surface area contributed by atoms with E-state index < -0.39 is 5.60 Å². The third kappa shape index (κ3) is 4.62. The van der Waals surface area contributed by atoms with Crippen LogP contribution in [0.1, 0.15) is 28.8 Å². The Kier molecular flexibility index (Phi) is 6.22. The molecule has 2 N–H and O–H groups in total. The van der Waals surface area contributed by atoms with Crippen molar-refractivity contribution in [1.82, 2.24) is 9.88 Å². The SMILES string of the molecule is O=C(c1ccc(NSc2cccc3cc(F)cnc23)cc1)N1CCC(O)(c2ccccc2)CC1. The summed E-state index contributed by atoms with van der Waals surface area (Å²) >= 11 is 1.39. The maximum atomic E-state index is 13.4. The van der Waals surface area contributed by atoms with Gasteiger partial charge < -0.3 is 14.7 Å². The molecule has 1 aromatic heterocycles. The van der Waals surface area contributed by atoms with Gasteiger partial charge in [-0.05, 0) is 66.8 Å². The summed E-state index contributed by atoms with van der Waals surface area (Å²) in [7, 11) is 0. The van der Waals surface area contributed by atoms with Crippen molar-refractivity contribution in [2.24, 2.45) is 0 Å². The summed E-state index contributed by atoms with van der Waals surface area (Å²) in [5.41, 5.74) is 2.21. The summed E-state index contributed by atoms with van der Waals surface area (Å²) in [6.45, 7) is 1.02. The number of amides is 1. The second-order valence-corrected chi connectivity index (χ2v) is 9.30. The van der Waals surface area contributed by atoms with E-state index in [0.717, 1.165) is 27.0 Å². The maximum absolute atomic E-state index is 13.4. The molecule has 3 aromatic carbocycles. The van der Waals surface area contributed by atoms with Crippen molar-refractivity contribution in [2.75, 3.05) is 17.8 Å². The highest BCUT2D eigenvalue weighted by Crippen LogP contribution is 2.33. The van der Waals surface area contributed by atoms with Crippen molar-refractivity contribution < 1.29 is 14.3 Å². The number of halogens is 1. The quantitative estimate of drug-likeness (QED) is 0.369. The van der Waals surface area contributed by atoms with E-state index in [4.69, 9.17) is 0 Å². The molecule has 172 valence electrons. The predicted molar refractivity (Wildman–Crippen MR) is 133 cm³/mol. The Morgan fingerprint density at radius 2 is 1.74 bits per heavy atom. The molecule has 0 unspecified atom stereocenters. The number of carbonyl (C=O) groups excluding carboxylic acids is 1. The second kappa shape index (κ2) is 9.44. The number of hydrogen-bond donors (Lipinski definition) is 2. The van der Waals surface area contributed by atoms with Crippen LogP contribution in [0, 0.1) is 5.82 Å². The van der Waals surface area contributed by atoms with E-state index in [1.54, 1.807) is 17.0 Å². The third-order valence-electron chi connectivity index (χ3n) is 6.24. The van der Waals surface area contributed by atoms with Crippen molar-refractivity contribution in [3.8, 4) is 0 Å². The number of pyridine rings is 1. The molecule has 2 heterocycles. The topological polar surface area (TPSA) is 65.5 Å². The zero-order chi connectivity index (χ0) is 23.5. The zero-order valence-corrected chi connectivity index (χ0v) is 19.3. The van der Waals surface area contributed by atoms with E-state index in [-0.39, 0.29) is 11.7 Å². The number of hydrogen-bond acceptors (Lipinski definition) is 5. The highest BCUT2D eigenvalue weighted by atomic mass is 32.2. The minimum absolute atomic E-state index is 0.0328. The first-order valence-corrected chi connectivity index (χ1v) is 12.0. The van der Waals surface area contributed by atoms with Crippen molar-refractivity contribution in [2.45, 2.75) is 23.3 Å². The molecule has 0 spiro atoms. The van der Waals surface area contributed by atoms with Crippen LogP contribution in [-0.2, 0) is 5.60 Å². The van der Waals surface area contributed by atoms with Gasteiger partial charge in [0.25, 0.3) is 5.91 Å². The molecule has 0 atom stereocenters. The number of piperidine rings is 1. The molecule has 1 amide bonds. The number of aliphatic hydroxyl groups is 1. The van der Waals surface area contributed by atoms with E-state index in [9.17, 15) is 14.3 Å². The van der Waals surface area contributed by atoms with Crippen molar-refractivity contribution in [1.29, 1.82) is 0 Å². The lowest BCUT2D eigenvalue weighted by molar-refractivity contribution is -0.0211. The Balaban J connectivity index is 1.21. The van der Waals surface area contributed by atoms with Gasteiger partial charge in [0, 0.05) is 29.7 Å². The molecule has 1 aliphatic rings. The molecule has 1 aliphatic heterocycles. The molecule has 0 aliphatic carbocycles. The first-order valence-electron chi connectivity index (χ1n) is 11.2. The number of nitrogens with zero attached hydrogens (tertiary/aromatic N) is 2. The second-order valence-electron chi connectivity index (χ2n) is 8.45. The molecule has 7 heteroatoms. The Labute approximate surface area is 201 Å². The summed E-state index contributed by atoms with van der Waals surface area (Å²) in [5.74, 6) is -0.393. The monoisotopic (exact) mass is 473 g/mol. The third-order valence-corrected chi connectivity index (χ3v) is 7.13. The van der Waals surface area contributed by atoms with Crippen LogP contribution in [0.25, 0.3) is 10.9 Å². The fourth-order valence-corrected chi connectivity index (χ4v) is 5.06. The number of fused-ring (bicyclic) bond motifs is 1. The smallest absolute Gasteiger partial charge is 0.253 e. The van der Waals surface area contributed by atoms with Gasteiger partial charge in [-0.3, -0.25) is 9.78 Å². The Morgan fingerprint density at radius 3 is 2.47 bits per heavy atom. The molecule has 0 radical (unpaired) electrons. The summed E-state index contributed by atoms with van der Waals surface area (Å²) in [4.78, 5) is 19.9. The van der Waals surface area contributed by atoms with Crippen LogP contribution < -0.4 is 4.72 Å². The predicted octanol–water partition coefficient (Wildman–Crippen LogP) is 5.62. The Hall–Kier alpha value is -3.42. The molecule has 1 fully saturated rings. The van der Waals surface area contributed by atoms with Crippen LogP contribution in [0.15, 0.2) is 90.0 Å². The lowest BCUT2D eigenvalue weighted by atomic mass is 9.84. The van der Waals surface area contributed by atoms with Gasteiger partial charge in [-0.15, -0.1) is 0 Å². The highest BCUT2D eigenvalue weighted by molar-refractivity contribution is 8.00. The van der Waals surface area contributed by atoms with Gasteiger partial charge in [0.2, 0.25) is 0 Å². The molecule has 1 saturated heterocycles. The van der Waals surface area contributed by atoms with Crippen LogP contribution >= 0.6 is 11.9 Å². The van der Waals surface area contributed by atoms with E-state index in [1.807, 2.05) is 60.7 Å². The molecular weight excluding hydrogens is 449 g/mol. The first-order chi connectivity index (χ1) is 16.5. The average molecular weight is 474 g/mol. The lowest BCUT2D eigenvalue weighted by Gasteiger charge is -2.38. The summed E-state index contributed by atoms with van der Waals surface area (Å²) in [6, 6.07) is 24.1. The van der Waals surface area contributed by atoms with Gasteiger partial charge in [-0.25, -0.2) is 4.39 Å². The fourth-order valence-electron chi connectivity index (χ4n) is 4.28. The zero-order valence-electron chi connectivity index (χ0n) is 18.4. The highest BCUT2D eigenvalue weighted by Gasteiger charge is 2.35. The normalized spacial score (nSPS) is 15.3. The number of para-hydroxylation sites is 1. The minimum atomic E-state index is -0.884. The van der Waals surface area contributed by atoms with Gasteiger partial charge in [-0.2, -0.15) is 0 Å². The van der Waals surface area contributed by atoms with Gasteiger partial charge >= 0.3 is 0 Å². The van der Waals surface area contributed by atoms with Crippen LogP contribution in [0.5, 0.6) is 0 Å². The Bertz CT molecular complexity index is 1310. The van der Waals surface area contributed by atoms with Crippen LogP contribution in [0.4, 0.5) is 10.1 Å². The standard InChI is InChI=1S/C27H24FN3O2S/c28-22-17-20-5-4-8-24(25(20)29-18-22)34-30-23-11-9-19(10-12-23)26(32)31-15-13-27(33,14-16-31)21-6-2-1-3-7-21/h1-12,17-18,30,33H,13-16H2. The lowest BCUT2D eigenvalue weighted by Crippen LogP contribution is -2.45. The average Bonchev–Trinajstić information content (AvgIpc) is 2.88. The number of aromatic nitrogens is 1. The van der Waals surface area contributed by atoms with E-state index in [0.29, 0.717) is 31.5 Å². The van der Waals surface area contributed by atoms with Crippen molar-refractivity contribution >= 4 is 34.4 Å². The number of rotatable bonds is 5. The largest absolute Gasteiger partial charge is 0.385 e. The number of likely N-dealkylation sites (tertiary alicyclic amines) is 1. The number of nitrogens with one attached hydrogen (secondary N) is 1. The van der Waals surface area contributed by atoms with Crippen molar-refractivity contribution in [3.63, 3.8) is 0 Å². The van der Waals surface area contributed by atoms with Gasteiger partial charge in [0.05, 0.1) is 22.2 Å². The van der Waals surface area contributed by atoms with E-state index in [1.165, 1.54) is 24.2 Å². The summed E-state index contributed by atoms with van der Waals surface area (Å²) in [5, 5.41) is 11.8. The van der Waals surface area contributed by atoms with Crippen molar-refractivity contribution in [3.05, 3.63) is 102 Å². The molecule has 34 heavy (non-hydrogen) atoms.